The van der Waals surface area contributed by atoms with Gasteiger partial charge in [0.15, 0.2) is 0 Å². The fourth-order valence-corrected chi connectivity index (χ4v) is 2.85. The molecule has 5 heteroatoms. The van der Waals surface area contributed by atoms with Crippen molar-refractivity contribution in [2.24, 2.45) is 7.05 Å². The Bertz CT molecular complexity index is 627. The molecule has 1 amide bonds. The minimum atomic E-state index is -0.310. The first-order valence-electron chi connectivity index (χ1n) is 7.17. The van der Waals surface area contributed by atoms with E-state index in [9.17, 15) is 9.18 Å². The summed E-state index contributed by atoms with van der Waals surface area (Å²) in [6, 6.07) is 6.91. The van der Waals surface area contributed by atoms with Crippen LogP contribution in [0.3, 0.4) is 0 Å². The number of nitrogens with zero attached hydrogens (tertiary/aromatic N) is 3. The van der Waals surface area contributed by atoms with Crippen LogP contribution in [0.15, 0.2) is 36.7 Å². The highest BCUT2D eigenvalue weighted by Gasteiger charge is 2.26. The third kappa shape index (κ3) is 2.82. The summed E-state index contributed by atoms with van der Waals surface area (Å²) < 4.78 is 14.7. The summed E-state index contributed by atoms with van der Waals surface area (Å²) in [6.07, 6.45) is 4.88. The van der Waals surface area contributed by atoms with Crippen LogP contribution in [0.2, 0.25) is 0 Å². The molecule has 0 aliphatic carbocycles. The van der Waals surface area contributed by atoms with Gasteiger partial charge in [-0.1, -0.05) is 0 Å². The second kappa shape index (κ2) is 5.68. The van der Waals surface area contributed by atoms with Crippen molar-refractivity contribution < 1.29 is 9.18 Å². The lowest BCUT2D eigenvalue weighted by molar-refractivity contribution is 0.0702. The van der Waals surface area contributed by atoms with Crippen LogP contribution in [0, 0.1) is 5.82 Å². The van der Waals surface area contributed by atoms with E-state index in [1.54, 1.807) is 6.07 Å². The molecular weight excluding hydrogens is 269 g/mol. The van der Waals surface area contributed by atoms with E-state index in [0.29, 0.717) is 24.7 Å². The van der Waals surface area contributed by atoms with Gasteiger partial charge < -0.3 is 9.47 Å². The Kier molecular flexibility index (Phi) is 3.73. The maximum Gasteiger partial charge on any atom is 0.270 e. The highest BCUT2D eigenvalue weighted by molar-refractivity contribution is 5.92. The van der Waals surface area contributed by atoms with E-state index in [-0.39, 0.29) is 11.7 Å². The number of hydrogen-bond donors (Lipinski definition) is 0. The molecule has 21 heavy (non-hydrogen) atoms. The van der Waals surface area contributed by atoms with E-state index in [4.69, 9.17) is 0 Å². The number of amides is 1. The molecule has 4 nitrogen and oxygen atoms in total. The van der Waals surface area contributed by atoms with Gasteiger partial charge in [0.1, 0.15) is 11.5 Å². The Balaban J connectivity index is 1.64. The molecule has 1 aliphatic rings. The summed E-state index contributed by atoms with van der Waals surface area (Å²) in [5.41, 5.74) is 1.63. The summed E-state index contributed by atoms with van der Waals surface area (Å²) in [6.45, 7) is 1.43. The maximum absolute atomic E-state index is 12.9. The maximum atomic E-state index is 12.9. The minimum absolute atomic E-state index is 0.0769. The topological polar surface area (TPSA) is 38.1 Å². The predicted molar refractivity (Wildman–Crippen MR) is 77.5 cm³/mol. The van der Waals surface area contributed by atoms with Crippen molar-refractivity contribution in [1.29, 1.82) is 0 Å². The molecule has 0 aromatic carbocycles. The highest BCUT2D eigenvalue weighted by atomic mass is 19.1. The fraction of sp³-hybridized carbons (Fsp3) is 0.375. The standard InChI is InChI=1S/C16H18FN3O/c1-19-8-2-3-15(19)16(21)20-9-6-12(7-10-20)14-5-4-13(17)11-18-14/h2-5,8,11-12H,6-7,9-10H2,1H3. The molecule has 1 saturated heterocycles. The number of carbonyl (C=O) groups is 1. The number of halogens is 1. The van der Waals surface area contributed by atoms with Crippen molar-refractivity contribution in [3.05, 3.63) is 53.9 Å². The number of likely N-dealkylation sites (tertiary alicyclic amines) is 1. The monoisotopic (exact) mass is 287 g/mol. The van der Waals surface area contributed by atoms with Crippen molar-refractivity contribution in [1.82, 2.24) is 14.5 Å². The van der Waals surface area contributed by atoms with E-state index < -0.39 is 0 Å². The molecule has 0 unspecified atom stereocenters. The number of carbonyl (C=O) groups excluding carboxylic acids is 1. The third-order valence-electron chi connectivity index (χ3n) is 4.11. The molecule has 110 valence electrons. The van der Waals surface area contributed by atoms with Crippen molar-refractivity contribution in [3.63, 3.8) is 0 Å². The third-order valence-corrected chi connectivity index (χ3v) is 4.11. The van der Waals surface area contributed by atoms with Crippen LogP contribution >= 0.6 is 0 Å². The van der Waals surface area contributed by atoms with Gasteiger partial charge in [-0.25, -0.2) is 4.39 Å². The molecule has 2 aromatic heterocycles. The van der Waals surface area contributed by atoms with Gasteiger partial charge >= 0.3 is 0 Å². The number of rotatable bonds is 2. The van der Waals surface area contributed by atoms with Crippen molar-refractivity contribution in [2.75, 3.05) is 13.1 Å². The number of aryl methyl sites for hydroxylation is 1. The van der Waals surface area contributed by atoms with Gasteiger partial charge in [0.05, 0.1) is 6.20 Å². The predicted octanol–water partition coefficient (Wildman–Crippen LogP) is 2.58. The molecule has 1 aliphatic heterocycles. The van der Waals surface area contributed by atoms with E-state index in [0.717, 1.165) is 18.5 Å². The zero-order chi connectivity index (χ0) is 14.8. The Labute approximate surface area is 123 Å². The normalized spacial score (nSPS) is 16.2. The summed E-state index contributed by atoms with van der Waals surface area (Å²) >= 11 is 0. The van der Waals surface area contributed by atoms with Gasteiger partial charge in [-0.3, -0.25) is 9.78 Å². The molecular formula is C16H18FN3O. The van der Waals surface area contributed by atoms with E-state index in [1.807, 2.05) is 34.8 Å². The van der Waals surface area contributed by atoms with Crippen LogP contribution in [-0.2, 0) is 7.05 Å². The molecule has 3 rings (SSSR count). The molecule has 1 fully saturated rings. The van der Waals surface area contributed by atoms with Gasteiger partial charge in [0.25, 0.3) is 5.91 Å². The van der Waals surface area contributed by atoms with Crippen LogP contribution in [-0.4, -0.2) is 33.4 Å². The quantitative estimate of drug-likeness (QED) is 0.851. The molecule has 0 radical (unpaired) electrons. The smallest absolute Gasteiger partial charge is 0.270 e. The van der Waals surface area contributed by atoms with Crippen molar-refractivity contribution in [2.45, 2.75) is 18.8 Å². The summed E-state index contributed by atoms with van der Waals surface area (Å²) in [5, 5.41) is 0. The van der Waals surface area contributed by atoms with Crippen LogP contribution in [0.25, 0.3) is 0 Å². The Hall–Kier alpha value is -2.17. The van der Waals surface area contributed by atoms with Gasteiger partial charge in [0.2, 0.25) is 0 Å². The average Bonchev–Trinajstić information content (AvgIpc) is 2.94. The van der Waals surface area contributed by atoms with Crippen molar-refractivity contribution in [3.8, 4) is 0 Å². The summed E-state index contributed by atoms with van der Waals surface area (Å²) in [7, 11) is 1.88. The van der Waals surface area contributed by atoms with Crippen LogP contribution in [0.1, 0.15) is 34.9 Å². The van der Waals surface area contributed by atoms with Gasteiger partial charge in [-0.2, -0.15) is 0 Å². The molecule has 0 spiro atoms. The zero-order valence-corrected chi connectivity index (χ0v) is 12.0. The van der Waals surface area contributed by atoms with Gasteiger partial charge in [0, 0.05) is 37.9 Å². The number of aromatic nitrogens is 2. The average molecular weight is 287 g/mol. The summed E-state index contributed by atoms with van der Waals surface area (Å²) in [4.78, 5) is 18.4. The summed E-state index contributed by atoms with van der Waals surface area (Å²) in [5.74, 6) is 0.0751. The molecule has 0 atom stereocenters. The Morgan fingerprint density at radius 3 is 2.62 bits per heavy atom. The second-order valence-corrected chi connectivity index (χ2v) is 5.47. The van der Waals surface area contributed by atoms with Crippen molar-refractivity contribution >= 4 is 5.91 Å². The second-order valence-electron chi connectivity index (χ2n) is 5.47. The number of piperidine rings is 1. The lowest BCUT2D eigenvalue weighted by Gasteiger charge is -2.31. The van der Waals surface area contributed by atoms with Crippen LogP contribution < -0.4 is 0 Å². The van der Waals surface area contributed by atoms with E-state index in [1.165, 1.54) is 12.3 Å². The van der Waals surface area contributed by atoms with E-state index in [2.05, 4.69) is 4.98 Å². The van der Waals surface area contributed by atoms with Gasteiger partial charge in [-0.15, -0.1) is 0 Å². The Morgan fingerprint density at radius 1 is 1.29 bits per heavy atom. The Morgan fingerprint density at radius 2 is 2.05 bits per heavy atom. The first-order chi connectivity index (χ1) is 10.1. The van der Waals surface area contributed by atoms with Gasteiger partial charge in [-0.05, 0) is 37.1 Å². The largest absolute Gasteiger partial charge is 0.347 e. The lowest BCUT2D eigenvalue weighted by Crippen LogP contribution is -2.38. The molecule has 2 aromatic rings. The SMILES string of the molecule is Cn1cccc1C(=O)N1CCC(c2ccc(F)cn2)CC1. The minimum Gasteiger partial charge on any atom is -0.347 e. The molecule has 0 N–H and O–H groups in total. The zero-order valence-electron chi connectivity index (χ0n) is 12.0. The van der Waals surface area contributed by atoms with Crippen LogP contribution in [0.5, 0.6) is 0 Å². The number of hydrogen-bond acceptors (Lipinski definition) is 2. The molecule has 3 heterocycles. The lowest BCUT2D eigenvalue weighted by atomic mass is 9.93. The first-order valence-corrected chi connectivity index (χ1v) is 7.17. The highest BCUT2D eigenvalue weighted by Crippen LogP contribution is 2.27. The fourth-order valence-electron chi connectivity index (χ4n) is 2.85. The molecule has 0 bridgehead atoms. The van der Waals surface area contributed by atoms with Crippen LogP contribution in [0.4, 0.5) is 4.39 Å². The van der Waals surface area contributed by atoms with E-state index >= 15 is 0 Å². The molecule has 0 saturated carbocycles. The first kappa shape index (κ1) is 13.8. The number of pyridine rings is 1.